The van der Waals surface area contributed by atoms with Crippen LogP contribution in [0.15, 0.2) is 36.0 Å². The van der Waals surface area contributed by atoms with Crippen LogP contribution in [0, 0.1) is 11.8 Å². The SMILES string of the molecule is CC(=O)CCCC(=O)C[C@@H]1C[C@@]2(CO2)[C@H](O)[C@@H](/C=C/C(C)=C/C[C@@H]2O[C@H](C)[C@H](NC(=O)/C=C\C(C)C)C[C@@H]2C)O1. The number of carbonyl (C=O) groups excluding carboxylic acids is 3. The van der Waals surface area contributed by atoms with E-state index in [0.717, 1.165) is 18.4 Å². The van der Waals surface area contributed by atoms with Crippen molar-refractivity contribution in [3.63, 3.8) is 0 Å². The number of aliphatic hydroxyl groups is 1. The van der Waals surface area contributed by atoms with Crippen LogP contribution >= 0.6 is 0 Å². The molecule has 224 valence electrons. The van der Waals surface area contributed by atoms with Crippen LogP contribution in [0.1, 0.15) is 86.5 Å². The quantitative estimate of drug-likeness (QED) is 0.195. The van der Waals surface area contributed by atoms with Crippen LogP contribution in [-0.2, 0) is 28.6 Å². The van der Waals surface area contributed by atoms with E-state index in [4.69, 9.17) is 14.2 Å². The van der Waals surface area contributed by atoms with Crippen molar-refractivity contribution in [3.05, 3.63) is 36.0 Å². The molecule has 8 heteroatoms. The summed E-state index contributed by atoms with van der Waals surface area (Å²) in [5.41, 5.74) is 0.398. The minimum atomic E-state index is -0.786. The Morgan fingerprint density at radius 2 is 1.82 bits per heavy atom. The molecule has 0 aromatic carbocycles. The van der Waals surface area contributed by atoms with Gasteiger partial charge < -0.3 is 29.4 Å². The lowest BCUT2D eigenvalue weighted by Gasteiger charge is -2.39. The summed E-state index contributed by atoms with van der Waals surface area (Å²) in [4.78, 5) is 35.8. The van der Waals surface area contributed by atoms with E-state index in [1.54, 1.807) is 6.08 Å². The highest BCUT2D eigenvalue weighted by atomic mass is 16.6. The smallest absolute Gasteiger partial charge is 0.243 e. The minimum absolute atomic E-state index is 0.0172. The summed E-state index contributed by atoms with van der Waals surface area (Å²) >= 11 is 0. The molecule has 3 rings (SSSR count). The maximum absolute atomic E-state index is 12.4. The second kappa shape index (κ2) is 14.7. The number of Topliss-reactive ketones (excluding diaryl/α,β-unsaturated/α-hetero) is 2. The van der Waals surface area contributed by atoms with Crippen molar-refractivity contribution in [2.45, 2.75) is 129 Å². The Bertz CT molecular complexity index is 980. The van der Waals surface area contributed by atoms with E-state index in [0.29, 0.717) is 38.2 Å². The van der Waals surface area contributed by atoms with Gasteiger partial charge in [0.15, 0.2) is 0 Å². The van der Waals surface area contributed by atoms with Gasteiger partial charge in [-0.3, -0.25) is 9.59 Å². The first-order valence-electron chi connectivity index (χ1n) is 14.9. The number of epoxide rings is 1. The molecule has 0 aromatic heterocycles. The second-order valence-electron chi connectivity index (χ2n) is 12.4. The van der Waals surface area contributed by atoms with E-state index in [9.17, 15) is 19.5 Å². The van der Waals surface area contributed by atoms with E-state index < -0.39 is 17.8 Å². The Labute approximate surface area is 239 Å². The van der Waals surface area contributed by atoms with E-state index in [1.807, 2.05) is 45.9 Å². The van der Waals surface area contributed by atoms with Crippen LogP contribution in [0.4, 0.5) is 0 Å². The zero-order valence-electron chi connectivity index (χ0n) is 25.1. The van der Waals surface area contributed by atoms with Crippen molar-refractivity contribution in [1.82, 2.24) is 5.32 Å². The van der Waals surface area contributed by atoms with Crippen molar-refractivity contribution in [2.75, 3.05) is 6.61 Å². The lowest BCUT2D eigenvalue weighted by molar-refractivity contribution is -0.144. The van der Waals surface area contributed by atoms with Gasteiger partial charge in [0.05, 0.1) is 31.0 Å². The third-order valence-corrected chi connectivity index (χ3v) is 8.13. The number of amides is 1. The van der Waals surface area contributed by atoms with Gasteiger partial charge in [-0.25, -0.2) is 0 Å². The number of allylic oxidation sites excluding steroid dienone is 3. The number of nitrogens with one attached hydrogen (secondary N) is 1. The summed E-state index contributed by atoms with van der Waals surface area (Å²) < 4.78 is 18.0. The van der Waals surface area contributed by atoms with Crippen LogP contribution in [0.3, 0.4) is 0 Å². The van der Waals surface area contributed by atoms with Gasteiger partial charge in [-0.1, -0.05) is 50.6 Å². The van der Waals surface area contributed by atoms with E-state index >= 15 is 0 Å². The monoisotopic (exact) mass is 559 g/mol. The molecule has 8 atom stereocenters. The average Bonchev–Trinajstić information content (AvgIpc) is 3.64. The maximum Gasteiger partial charge on any atom is 0.243 e. The van der Waals surface area contributed by atoms with E-state index in [-0.39, 0.29) is 54.2 Å². The second-order valence-corrected chi connectivity index (χ2v) is 12.4. The number of hydrogen-bond acceptors (Lipinski definition) is 7. The summed E-state index contributed by atoms with van der Waals surface area (Å²) in [5.74, 6) is 0.695. The van der Waals surface area contributed by atoms with Crippen LogP contribution < -0.4 is 5.32 Å². The third kappa shape index (κ3) is 9.75. The molecule has 0 aliphatic carbocycles. The highest BCUT2D eigenvalue weighted by Crippen LogP contribution is 2.43. The predicted octanol–water partition coefficient (Wildman–Crippen LogP) is 4.40. The minimum Gasteiger partial charge on any atom is -0.387 e. The average molecular weight is 560 g/mol. The largest absolute Gasteiger partial charge is 0.387 e. The fourth-order valence-electron chi connectivity index (χ4n) is 5.53. The molecule has 1 spiro atoms. The lowest BCUT2D eigenvalue weighted by Crippen LogP contribution is -2.50. The first-order chi connectivity index (χ1) is 18.9. The van der Waals surface area contributed by atoms with Gasteiger partial charge in [-0.2, -0.15) is 0 Å². The van der Waals surface area contributed by atoms with Gasteiger partial charge in [-0.05, 0) is 57.9 Å². The summed E-state index contributed by atoms with van der Waals surface area (Å²) in [7, 11) is 0. The first-order valence-corrected chi connectivity index (χ1v) is 14.9. The molecule has 0 saturated carbocycles. The van der Waals surface area contributed by atoms with Crippen molar-refractivity contribution < 1.29 is 33.7 Å². The fraction of sp³-hybridized carbons (Fsp3) is 0.719. The maximum atomic E-state index is 12.4. The molecular weight excluding hydrogens is 510 g/mol. The molecule has 3 aliphatic heterocycles. The van der Waals surface area contributed by atoms with Crippen LogP contribution in [0.5, 0.6) is 0 Å². The number of aliphatic hydroxyl groups excluding tert-OH is 1. The fourth-order valence-corrected chi connectivity index (χ4v) is 5.53. The van der Waals surface area contributed by atoms with E-state index in [1.165, 1.54) is 6.92 Å². The molecule has 3 heterocycles. The molecule has 2 N–H and O–H groups in total. The van der Waals surface area contributed by atoms with Gasteiger partial charge in [0.2, 0.25) is 5.91 Å². The Kier molecular flexibility index (Phi) is 11.9. The standard InChI is InChI=1S/C32H49NO7/c1-20(2)10-15-30(36)33-27-16-22(4)28(39-24(27)6)13-11-21(3)12-14-29-31(37)32(19-38-32)18-26(40-29)17-25(35)9-7-8-23(5)34/h10-12,14-15,20,22,24,26-29,31,37H,7-9,13,16-19H2,1-6H3,(H,33,36)/b14-12+,15-10-,21-11+/t22-,24+,26+,27+,28-,29+,31+,32+/m0/s1. The summed E-state index contributed by atoms with van der Waals surface area (Å²) in [6, 6.07) is -0.0172. The first kappa shape index (κ1) is 32.4. The number of ether oxygens (including phenoxy) is 3. The Morgan fingerprint density at radius 3 is 2.48 bits per heavy atom. The molecule has 40 heavy (non-hydrogen) atoms. The molecule has 3 fully saturated rings. The van der Waals surface area contributed by atoms with Crippen molar-refractivity contribution >= 4 is 17.5 Å². The number of ketones is 2. The highest BCUT2D eigenvalue weighted by Gasteiger charge is 2.58. The summed E-state index contributed by atoms with van der Waals surface area (Å²) in [6.45, 7) is 12.2. The van der Waals surface area contributed by atoms with Crippen LogP contribution in [0.2, 0.25) is 0 Å². The van der Waals surface area contributed by atoms with E-state index in [2.05, 4.69) is 18.3 Å². The predicted molar refractivity (Wildman–Crippen MR) is 154 cm³/mol. The Morgan fingerprint density at radius 1 is 1.10 bits per heavy atom. The molecule has 0 bridgehead atoms. The topological polar surface area (TPSA) is 114 Å². The normalized spacial score (nSPS) is 34.6. The molecule has 0 radical (unpaired) electrons. The van der Waals surface area contributed by atoms with Crippen molar-refractivity contribution in [1.29, 1.82) is 0 Å². The Hall–Kier alpha value is -2.13. The highest BCUT2D eigenvalue weighted by molar-refractivity contribution is 5.87. The molecular formula is C32H49NO7. The van der Waals surface area contributed by atoms with Gasteiger partial charge in [-0.15, -0.1) is 0 Å². The van der Waals surface area contributed by atoms with Gasteiger partial charge in [0.25, 0.3) is 0 Å². The number of hydrogen-bond donors (Lipinski definition) is 2. The Balaban J connectivity index is 1.51. The van der Waals surface area contributed by atoms with Crippen LogP contribution in [-0.4, -0.2) is 71.3 Å². The van der Waals surface area contributed by atoms with Gasteiger partial charge in [0.1, 0.15) is 29.4 Å². The van der Waals surface area contributed by atoms with Crippen molar-refractivity contribution in [2.24, 2.45) is 11.8 Å². The van der Waals surface area contributed by atoms with Crippen molar-refractivity contribution in [3.8, 4) is 0 Å². The summed E-state index contributed by atoms with van der Waals surface area (Å²) in [6.07, 6.45) is 11.4. The molecule has 8 nitrogen and oxygen atoms in total. The molecule has 3 saturated heterocycles. The van der Waals surface area contributed by atoms with Gasteiger partial charge in [0, 0.05) is 25.7 Å². The molecule has 0 aromatic rings. The zero-order chi connectivity index (χ0) is 29.4. The number of rotatable bonds is 13. The molecule has 0 unspecified atom stereocenters. The van der Waals surface area contributed by atoms with Crippen LogP contribution in [0.25, 0.3) is 0 Å². The summed E-state index contributed by atoms with van der Waals surface area (Å²) in [5, 5.41) is 14.0. The number of carbonyl (C=O) groups is 3. The molecule has 1 amide bonds. The molecule has 3 aliphatic rings. The zero-order valence-corrected chi connectivity index (χ0v) is 25.1. The third-order valence-electron chi connectivity index (χ3n) is 8.13. The van der Waals surface area contributed by atoms with Gasteiger partial charge >= 0.3 is 0 Å². The lowest BCUT2D eigenvalue weighted by atomic mass is 9.86.